The smallest absolute Gasteiger partial charge is 0.248 e. The SMILES string of the molecule is CC(=O)c1cn(-c2ccc(C(N)=O)cc2Cl)c2ccc(Br)cc12. The maximum atomic E-state index is 11.9. The molecule has 3 aromatic rings. The van der Waals surface area contributed by atoms with Crippen molar-refractivity contribution in [3.8, 4) is 5.69 Å². The van der Waals surface area contributed by atoms with Crippen LogP contribution in [0.2, 0.25) is 5.02 Å². The van der Waals surface area contributed by atoms with Crippen molar-refractivity contribution in [2.24, 2.45) is 5.73 Å². The quantitative estimate of drug-likeness (QED) is 0.675. The summed E-state index contributed by atoms with van der Waals surface area (Å²) >= 11 is 9.73. The van der Waals surface area contributed by atoms with Crippen LogP contribution in [0.4, 0.5) is 0 Å². The fourth-order valence-corrected chi connectivity index (χ4v) is 3.17. The molecular weight excluding hydrogens is 380 g/mol. The van der Waals surface area contributed by atoms with Crippen LogP contribution in [0.1, 0.15) is 27.6 Å². The molecule has 3 rings (SSSR count). The molecule has 116 valence electrons. The average Bonchev–Trinajstić information content (AvgIpc) is 2.85. The van der Waals surface area contributed by atoms with Crippen LogP contribution in [0.25, 0.3) is 16.6 Å². The van der Waals surface area contributed by atoms with E-state index in [4.69, 9.17) is 17.3 Å². The van der Waals surface area contributed by atoms with Crippen molar-refractivity contribution in [3.63, 3.8) is 0 Å². The van der Waals surface area contributed by atoms with E-state index in [1.165, 1.54) is 13.0 Å². The number of amides is 1. The zero-order chi connectivity index (χ0) is 16.7. The van der Waals surface area contributed by atoms with E-state index in [0.717, 1.165) is 15.4 Å². The van der Waals surface area contributed by atoms with E-state index in [-0.39, 0.29) is 5.78 Å². The molecule has 0 bridgehead atoms. The fraction of sp³-hybridized carbons (Fsp3) is 0.0588. The van der Waals surface area contributed by atoms with Crippen molar-refractivity contribution in [2.75, 3.05) is 0 Å². The number of fused-ring (bicyclic) bond motifs is 1. The van der Waals surface area contributed by atoms with Crippen LogP contribution in [0.15, 0.2) is 47.1 Å². The monoisotopic (exact) mass is 390 g/mol. The number of nitrogens with two attached hydrogens (primary N) is 1. The molecule has 0 saturated heterocycles. The lowest BCUT2D eigenvalue weighted by atomic mass is 10.1. The van der Waals surface area contributed by atoms with Crippen molar-refractivity contribution in [1.82, 2.24) is 4.57 Å². The molecule has 6 heteroatoms. The second kappa shape index (κ2) is 5.83. The Morgan fingerprint density at radius 3 is 2.52 bits per heavy atom. The Hall–Kier alpha value is -2.11. The Labute approximate surface area is 146 Å². The minimum atomic E-state index is -0.538. The predicted molar refractivity (Wildman–Crippen MR) is 94.5 cm³/mol. The zero-order valence-electron chi connectivity index (χ0n) is 12.1. The summed E-state index contributed by atoms with van der Waals surface area (Å²) in [6.07, 6.45) is 1.75. The number of rotatable bonds is 3. The highest BCUT2D eigenvalue weighted by molar-refractivity contribution is 9.10. The molecule has 0 unspecified atom stereocenters. The Balaban J connectivity index is 2.28. The van der Waals surface area contributed by atoms with E-state index in [9.17, 15) is 9.59 Å². The lowest BCUT2D eigenvalue weighted by molar-refractivity contribution is 0.0996. The number of halogens is 2. The molecule has 2 aromatic carbocycles. The number of hydrogen-bond donors (Lipinski definition) is 1. The van der Waals surface area contributed by atoms with Gasteiger partial charge in [-0.25, -0.2) is 0 Å². The lowest BCUT2D eigenvalue weighted by Crippen LogP contribution is -2.11. The van der Waals surface area contributed by atoms with Gasteiger partial charge < -0.3 is 10.3 Å². The first-order chi connectivity index (χ1) is 10.9. The van der Waals surface area contributed by atoms with Crippen molar-refractivity contribution in [1.29, 1.82) is 0 Å². The van der Waals surface area contributed by atoms with Crippen LogP contribution >= 0.6 is 27.5 Å². The minimum Gasteiger partial charge on any atom is -0.366 e. The fourth-order valence-electron chi connectivity index (χ4n) is 2.54. The predicted octanol–water partition coefficient (Wildman–Crippen LogP) is 4.35. The highest BCUT2D eigenvalue weighted by Crippen LogP contribution is 2.31. The summed E-state index contributed by atoms with van der Waals surface area (Å²) in [6, 6.07) is 10.6. The molecule has 0 aliphatic carbocycles. The summed E-state index contributed by atoms with van der Waals surface area (Å²) in [5, 5.41) is 1.22. The number of primary amides is 1. The summed E-state index contributed by atoms with van der Waals surface area (Å²) in [5.41, 5.74) is 7.74. The summed E-state index contributed by atoms with van der Waals surface area (Å²) in [7, 11) is 0. The molecule has 0 aliphatic heterocycles. The third kappa shape index (κ3) is 2.78. The van der Waals surface area contributed by atoms with E-state index in [2.05, 4.69) is 15.9 Å². The Kier molecular flexibility index (Phi) is 4.00. The van der Waals surface area contributed by atoms with Crippen LogP contribution in [0, 0.1) is 0 Å². The summed E-state index contributed by atoms with van der Waals surface area (Å²) in [6.45, 7) is 1.53. The molecule has 4 nitrogen and oxygen atoms in total. The number of ketones is 1. The highest BCUT2D eigenvalue weighted by Gasteiger charge is 2.15. The van der Waals surface area contributed by atoms with Gasteiger partial charge in [0.25, 0.3) is 0 Å². The number of nitrogens with zero attached hydrogens (tertiary/aromatic N) is 1. The standard InChI is InChI=1S/C17H12BrClN2O2/c1-9(22)13-8-21(15-5-3-11(18)7-12(13)15)16-4-2-10(17(20)23)6-14(16)19/h2-8H,1H3,(H2,20,23). The van der Waals surface area contributed by atoms with Gasteiger partial charge in [0.2, 0.25) is 5.91 Å². The van der Waals surface area contributed by atoms with E-state index in [1.807, 2.05) is 22.8 Å². The second-order valence-corrected chi connectivity index (χ2v) is 6.48. The number of benzene rings is 2. The van der Waals surface area contributed by atoms with Crippen LogP contribution in [0.3, 0.4) is 0 Å². The lowest BCUT2D eigenvalue weighted by Gasteiger charge is -2.09. The van der Waals surface area contributed by atoms with Gasteiger partial charge in [-0.15, -0.1) is 0 Å². The van der Waals surface area contributed by atoms with Crippen molar-refractivity contribution < 1.29 is 9.59 Å². The maximum absolute atomic E-state index is 11.9. The summed E-state index contributed by atoms with van der Waals surface area (Å²) in [4.78, 5) is 23.2. The van der Waals surface area contributed by atoms with Crippen LogP contribution in [0.5, 0.6) is 0 Å². The first kappa shape index (κ1) is 15.8. The first-order valence-corrected chi connectivity index (χ1v) is 7.97. The van der Waals surface area contributed by atoms with Crippen molar-refractivity contribution in [3.05, 3.63) is 63.2 Å². The van der Waals surface area contributed by atoms with E-state index < -0.39 is 5.91 Å². The molecule has 0 atom stereocenters. The van der Waals surface area contributed by atoms with Crippen molar-refractivity contribution >= 4 is 50.1 Å². The number of carbonyl (C=O) groups excluding carboxylic acids is 2. The largest absolute Gasteiger partial charge is 0.366 e. The van der Waals surface area contributed by atoms with Crippen LogP contribution in [-0.2, 0) is 0 Å². The molecule has 1 amide bonds. The average molecular weight is 392 g/mol. The van der Waals surface area contributed by atoms with Gasteiger partial charge in [0.15, 0.2) is 5.78 Å². The molecule has 1 aromatic heterocycles. The second-order valence-electron chi connectivity index (χ2n) is 5.16. The van der Waals surface area contributed by atoms with Gasteiger partial charge in [-0.3, -0.25) is 9.59 Å². The molecule has 0 saturated carbocycles. The molecular formula is C17H12BrClN2O2. The van der Waals surface area contributed by atoms with E-state index >= 15 is 0 Å². The molecule has 0 spiro atoms. The van der Waals surface area contributed by atoms with Gasteiger partial charge in [0, 0.05) is 27.2 Å². The number of Topliss-reactive ketones (excluding diaryl/α,β-unsaturated/α-hetero) is 1. The molecule has 0 fully saturated rings. The third-order valence-corrected chi connectivity index (χ3v) is 4.43. The Morgan fingerprint density at radius 2 is 1.91 bits per heavy atom. The third-order valence-electron chi connectivity index (χ3n) is 3.64. The van der Waals surface area contributed by atoms with Gasteiger partial charge >= 0.3 is 0 Å². The maximum Gasteiger partial charge on any atom is 0.248 e. The molecule has 2 N–H and O–H groups in total. The van der Waals surface area contributed by atoms with Gasteiger partial charge in [0.1, 0.15) is 0 Å². The normalized spacial score (nSPS) is 10.9. The van der Waals surface area contributed by atoms with Crippen LogP contribution in [-0.4, -0.2) is 16.3 Å². The van der Waals surface area contributed by atoms with Gasteiger partial charge in [0.05, 0.1) is 16.2 Å². The Morgan fingerprint density at radius 1 is 1.17 bits per heavy atom. The summed E-state index contributed by atoms with van der Waals surface area (Å²) < 4.78 is 2.73. The molecule has 0 aliphatic rings. The van der Waals surface area contributed by atoms with Gasteiger partial charge in [-0.1, -0.05) is 27.5 Å². The number of carbonyl (C=O) groups is 2. The highest BCUT2D eigenvalue weighted by atomic mass is 79.9. The van der Waals surface area contributed by atoms with Crippen molar-refractivity contribution in [2.45, 2.75) is 6.92 Å². The zero-order valence-corrected chi connectivity index (χ0v) is 14.5. The topological polar surface area (TPSA) is 65.1 Å². The van der Waals surface area contributed by atoms with Gasteiger partial charge in [-0.05, 0) is 43.3 Å². The van der Waals surface area contributed by atoms with Crippen LogP contribution < -0.4 is 5.73 Å². The molecule has 23 heavy (non-hydrogen) atoms. The molecule has 1 heterocycles. The molecule has 0 radical (unpaired) electrons. The summed E-state index contributed by atoms with van der Waals surface area (Å²) in [5.74, 6) is -0.569. The van der Waals surface area contributed by atoms with Gasteiger partial charge in [-0.2, -0.15) is 0 Å². The Bertz CT molecular complexity index is 963. The van der Waals surface area contributed by atoms with E-state index in [1.54, 1.807) is 18.3 Å². The first-order valence-electron chi connectivity index (χ1n) is 6.80. The minimum absolute atomic E-state index is 0.0308. The number of aromatic nitrogens is 1. The van der Waals surface area contributed by atoms with E-state index in [0.29, 0.717) is 21.8 Å². The number of hydrogen-bond acceptors (Lipinski definition) is 2.